The number of piperidine rings is 2. The van der Waals surface area contributed by atoms with E-state index in [-0.39, 0.29) is 0 Å². The molecule has 1 atom stereocenters. The number of likely N-dealkylation sites (tertiary alicyclic amines) is 2. The summed E-state index contributed by atoms with van der Waals surface area (Å²) in [6, 6.07) is 0. The van der Waals surface area contributed by atoms with E-state index in [4.69, 9.17) is 9.47 Å². The van der Waals surface area contributed by atoms with Crippen LogP contribution in [0.5, 0.6) is 0 Å². The number of rotatable bonds is 5. The van der Waals surface area contributed by atoms with Gasteiger partial charge in [-0.25, -0.2) is 0 Å². The van der Waals surface area contributed by atoms with Gasteiger partial charge in [0.05, 0.1) is 13.2 Å². The summed E-state index contributed by atoms with van der Waals surface area (Å²) >= 11 is 0. The highest BCUT2D eigenvalue weighted by Crippen LogP contribution is 2.40. The lowest BCUT2D eigenvalue weighted by Gasteiger charge is -2.47. The number of methoxy groups -OCH3 is 1. The molecular weight excluding hydrogens is 280 g/mol. The molecule has 5 heteroatoms. The Kier molecular flexibility index (Phi) is 5.37. The molecule has 0 saturated carbocycles. The number of carbonyl (C=O) groups is 1. The number of hydrogen-bond acceptors (Lipinski definition) is 4. The summed E-state index contributed by atoms with van der Waals surface area (Å²) in [6.07, 6.45) is 5.49. The number of ether oxygens (including phenoxy) is 2. The van der Waals surface area contributed by atoms with Crippen molar-refractivity contribution in [1.29, 1.82) is 0 Å². The zero-order valence-electron chi connectivity index (χ0n) is 13.9. The number of carbonyl (C=O) groups excluding carboxylic acids is 1. The minimum absolute atomic E-state index is 0.313. The first kappa shape index (κ1) is 16.2. The molecule has 0 aromatic rings. The molecule has 1 spiro atoms. The predicted molar refractivity (Wildman–Crippen MR) is 84.7 cm³/mol. The molecule has 3 aliphatic heterocycles. The van der Waals surface area contributed by atoms with Crippen molar-refractivity contribution in [2.45, 2.75) is 32.1 Å². The Balaban J connectivity index is 1.49. The molecule has 3 fully saturated rings. The third kappa shape index (κ3) is 3.81. The molecule has 3 saturated heterocycles. The van der Waals surface area contributed by atoms with E-state index in [1.807, 2.05) is 4.90 Å². The van der Waals surface area contributed by atoms with E-state index in [9.17, 15) is 4.79 Å². The fourth-order valence-electron chi connectivity index (χ4n) is 4.22. The zero-order valence-corrected chi connectivity index (χ0v) is 13.9. The van der Waals surface area contributed by atoms with Gasteiger partial charge in [0.1, 0.15) is 0 Å². The van der Waals surface area contributed by atoms with Crippen molar-refractivity contribution >= 4 is 5.91 Å². The summed E-state index contributed by atoms with van der Waals surface area (Å²) < 4.78 is 10.6. The number of hydrogen-bond donors (Lipinski definition) is 0. The van der Waals surface area contributed by atoms with E-state index < -0.39 is 0 Å². The molecule has 1 unspecified atom stereocenters. The van der Waals surface area contributed by atoms with Gasteiger partial charge in [0.15, 0.2) is 0 Å². The topological polar surface area (TPSA) is 42.0 Å². The Hall–Kier alpha value is -0.650. The second-order valence-corrected chi connectivity index (χ2v) is 7.34. The van der Waals surface area contributed by atoms with Gasteiger partial charge in [0, 0.05) is 39.8 Å². The lowest BCUT2D eigenvalue weighted by atomic mass is 9.72. The number of amides is 1. The monoisotopic (exact) mass is 310 g/mol. The van der Waals surface area contributed by atoms with Crippen molar-refractivity contribution in [3.63, 3.8) is 0 Å². The molecule has 0 radical (unpaired) electrons. The van der Waals surface area contributed by atoms with Crippen LogP contribution < -0.4 is 0 Å². The van der Waals surface area contributed by atoms with E-state index in [0.717, 1.165) is 45.1 Å². The van der Waals surface area contributed by atoms with Crippen molar-refractivity contribution in [2.24, 2.45) is 11.3 Å². The Bertz CT molecular complexity index is 374. The quantitative estimate of drug-likeness (QED) is 0.769. The van der Waals surface area contributed by atoms with Gasteiger partial charge in [0.25, 0.3) is 0 Å². The molecule has 0 aromatic carbocycles. The third-order valence-electron chi connectivity index (χ3n) is 5.77. The van der Waals surface area contributed by atoms with Gasteiger partial charge in [0.2, 0.25) is 5.91 Å². The second kappa shape index (κ2) is 7.28. The van der Waals surface area contributed by atoms with Crippen LogP contribution in [0.2, 0.25) is 0 Å². The standard InChI is InChI=1S/C17H30N2O3/c1-21-11-9-19-14-17(4-2-16(19)20)5-7-18(8-6-17)12-15-3-10-22-13-15/h15H,2-14H2,1H3. The lowest BCUT2D eigenvalue weighted by molar-refractivity contribution is -0.140. The van der Waals surface area contributed by atoms with Crippen molar-refractivity contribution in [1.82, 2.24) is 9.80 Å². The highest BCUT2D eigenvalue weighted by molar-refractivity contribution is 5.77. The normalized spacial score (nSPS) is 29.4. The summed E-state index contributed by atoms with van der Waals surface area (Å²) in [5.41, 5.74) is 0.365. The van der Waals surface area contributed by atoms with Crippen LogP contribution in [-0.2, 0) is 14.3 Å². The molecule has 3 aliphatic rings. The molecule has 0 aromatic heterocycles. The summed E-state index contributed by atoms with van der Waals surface area (Å²) in [5, 5.41) is 0. The Labute approximate surface area is 133 Å². The van der Waals surface area contributed by atoms with Crippen molar-refractivity contribution < 1.29 is 14.3 Å². The van der Waals surface area contributed by atoms with E-state index in [2.05, 4.69) is 4.90 Å². The van der Waals surface area contributed by atoms with Gasteiger partial charge in [-0.05, 0) is 50.1 Å². The SMILES string of the molecule is COCCN1CC2(CCC1=O)CCN(CC1CCOC1)CC2. The summed E-state index contributed by atoms with van der Waals surface area (Å²) in [5.74, 6) is 1.05. The molecule has 22 heavy (non-hydrogen) atoms. The van der Waals surface area contributed by atoms with Crippen LogP contribution in [0.25, 0.3) is 0 Å². The maximum Gasteiger partial charge on any atom is 0.222 e. The molecular formula is C17H30N2O3. The minimum atomic E-state index is 0.313. The molecule has 126 valence electrons. The molecule has 0 N–H and O–H groups in total. The maximum atomic E-state index is 12.1. The van der Waals surface area contributed by atoms with Crippen LogP contribution in [-0.4, -0.2) is 75.4 Å². The molecule has 0 bridgehead atoms. The summed E-state index contributed by atoms with van der Waals surface area (Å²) in [7, 11) is 1.70. The predicted octanol–water partition coefficient (Wildman–Crippen LogP) is 1.37. The van der Waals surface area contributed by atoms with Crippen LogP contribution in [0.1, 0.15) is 32.1 Å². The average molecular weight is 310 g/mol. The van der Waals surface area contributed by atoms with E-state index in [1.54, 1.807) is 7.11 Å². The van der Waals surface area contributed by atoms with Crippen LogP contribution in [0.15, 0.2) is 0 Å². The van der Waals surface area contributed by atoms with Gasteiger partial charge in [-0.15, -0.1) is 0 Å². The van der Waals surface area contributed by atoms with Crippen molar-refractivity contribution in [3.8, 4) is 0 Å². The molecule has 3 heterocycles. The zero-order chi connectivity index (χ0) is 15.4. The van der Waals surface area contributed by atoms with Crippen LogP contribution in [0.4, 0.5) is 0 Å². The van der Waals surface area contributed by atoms with Crippen molar-refractivity contribution in [3.05, 3.63) is 0 Å². The van der Waals surface area contributed by atoms with E-state index >= 15 is 0 Å². The second-order valence-electron chi connectivity index (χ2n) is 7.34. The van der Waals surface area contributed by atoms with Crippen LogP contribution in [0.3, 0.4) is 0 Å². The molecule has 3 rings (SSSR count). The van der Waals surface area contributed by atoms with Gasteiger partial charge in [-0.3, -0.25) is 4.79 Å². The Morgan fingerprint density at radius 3 is 2.82 bits per heavy atom. The van der Waals surface area contributed by atoms with Gasteiger partial charge in [-0.1, -0.05) is 0 Å². The van der Waals surface area contributed by atoms with Gasteiger partial charge < -0.3 is 19.3 Å². The van der Waals surface area contributed by atoms with E-state index in [1.165, 1.54) is 38.9 Å². The first-order valence-electron chi connectivity index (χ1n) is 8.78. The molecule has 1 amide bonds. The van der Waals surface area contributed by atoms with E-state index in [0.29, 0.717) is 17.9 Å². The first-order valence-corrected chi connectivity index (χ1v) is 8.78. The third-order valence-corrected chi connectivity index (χ3v) is 5.77. The summed E-state index contributed by atoms with van der Waals surface area (Å²) in [4.78, 5) is 16.7. The highest BCUT2D eigenvalue weighted by atomic mass is 16.5. The van der Waals surface area contributed by atoms with Gasteiger partial charge in [-0.2, -0.15) is 0 Å². The van der Waals surface area contributed by atoms with Crippen LogP contribution >= 0.6 is 0 Å². The molecule has 5 nitrogen and oxygen atoms in total. The first-order chi connectivity index (χ1) is 10.7. The van der Waals surface area contributed by atoms with Crippen LogP contribution in [0, 0.1) is 11.3 Å². The largest absolute Gasteiger partial charge is 0.383 e. The maximum absolute atomic E-state index is 12.1. The smallest absolute Gasteiger partial charge is 0.222 e. The van der Waals surface area contributed by atoms with Gasteiger partial charge >= 0.3 is 0 Å². The highest BCUT2D eigenvalue weighted by Gasteiger charge is 2.41. The Morgan fingerprint density at radius 2 is 2.14 bits per heavy atom. The Morgan fingerprint density at radius 1 is 1.32 bits per heavy atom. The number of nitrogens with zero attached hydrogens (tertiary/aromatic N) is 2. The average Bonchev–Trinajstić information content (AvgIpc) is 3.04. The minimum Gasteiger partial charge on any atom is -0.383 e. The fourth-order valence-corrected chi connectivity index (χ4v) is 4.22. The lowest BCUT2D eigenvalue weighted by Crippen LogP contribution is -2.52. The summed E-state index contributed by atoms with van der Waals surface area (Å²) in [6.45, 7) is 7.79. The molecule has 0 aliphatic carbocycles. The van der Waals surface area contributed by atoms with Crippen molar-refractivity contribution in [2.75, 3.05) is 59.7 Å². The fraction of sp³-hybridized carbons (Fsp3) is 0.941.